The number of para-hydroxylation sites is 1. The Kier molecular flexibility index (Phi) is 7.79. The van der Waals surface area contributed by atoms with Gasteiger partial charge < -0.3 is 24.3 Å². The summed E-state index contributed by atoms with van der Waals surface area (Å²) in [7, 11) is 2.91. The number of rotatable bonds is 8. The number of methoxy groups -OCH3 is 2. The summed E-state index contributed by atoms with van der Waals surface area (Å²) < 4.78 is 21.4. The number of benzene rings is 1. The number of esters is 1. The number of amides is 1. The van der Waals surface area contributed by atoms with Gasteiger partial charge in [0, 0.05) is 0 Å². The monoisotopic (exact) mass is 431 g/mol. The fourth-order valence-corrected chi connectivity index (χ4v) is 2.56. The Balaban J connectivity index is 2.28. The lowest BCUT2D eigenvalue weighted by atomic mass is 10.0. The van der Waals surface area contributed by atoms with Crippen LogP contribution in [0.15, 0.2) is 30.3 Å². The van der Waals surface area contributed by atoms with Gasteiger partial charge in [0.1, 0.15) is 17.4 Å². The molecule has 0 saturated carbocycles. The summed E-state index contributed by atoms with van der Waals surface area (Å²) in [4.78, 5) is 33.8. The third-order valence-corrected chi connectivity index (χ3v) is 4.02. The van der Waals surface area contributed by atoms with Crippen LogP contribution >= 0.6 is 0 Å². The maximum atomic E-state index is 13.0. The molecule has 0 bridgehead atoms. The van der Waals surface area contributed by atoms with Crippen molar-refractivity contribution in [3.8, 4) is 23.5 Å². The highest BCUT2D eigenvalue weighted by Gasteiger charge is 2.30. The largest absolute Gasteiger partial charge is 0.481 e. The summed E-state index contributed by atoms with van der Waals surface area (Å²) in [6.07, 6.45) is 0. The van der Waals surface area contributed by atoms with Crippen LogP contribution in [0.4, 0.5) is 0 Å². The molecule has 0 radical (unpaired) electrons. The molecule has 1 aromatic heterocycles. The second-order valence-corrected chi connectivity index (χ2v) is 8.06. The standard InChI is InChI=1S/C22H29N3O6/c1-13(2)18(20(27)31-22(3,4)5)25-19(26)14-10-8-9-11-15(14)30-21-23-16(28-6)12-17(24-21)29-7/h8-13,18H,1-7H3,(H,25,26)/t18-/m0/s1. The van der Waals surface area contributed by atoms with Crippen LogP contribution in [-0.4, -0.2) is 47.7 Å². The predicted octanol–water partition coefficient (Wildman–Crippen LogP) is 3.38. The quantitative estimate of drug-likeness (QED) is 0.634. The molecule has 0 aliphatic heterocycles. The van der Waals surface area contributed by atoms with Crippen LogP contribution in [0.2, 0.25) is 0 Å². The van der Waals surface area contributed by atoms with Crippen molar-refractivity contribution >= 4 is 11.9 Å². The minimum atomic E-state index is -0.826. The Bertz CT molecular complexity index is 901. The lowest BCUT2D eigenvalue weighted by Crippen LogP contribution is -2.47. The van der Waals surface area contributed by atoms with Gasteiger partial charge in [-0.2, -0.15) is 9.97 Å². The fourth-order valence-electron chi connectivity index (χ4n) is 2.56. The third-order valence-electron chi connectivity index (χ3n) is 4.02. The average molecular weight is 431 g/mol. The molecule has 1 amide bonds. The van der Waals surface area contributed by atoms with Gasteiger partial charge in [0.25, 0.3) is 5.91 Å². The van der Waals surface area contributed by atoms with Gasteiger partial charge in [-0.25, -0.2) is 4.79 Å². The molecule has 0 saturated heterocycles. The van der Waals surface area contributed by atoms with Crippen LogP contribution in [-0.2, 0) is 9.53 Å². The van der Waals surface area contributed by atoms with E-state index < -0.39 is 23.5 Å². The second-order valence-electron chi connectivity index (χ2n) is 8.06. The molecule has 9 heteroatoms. The van der Waals surface area contributed by atoms with E-state index in [1.54, 1.807) is 45.0 Å². The Labute approximate surface area is 182 Å². The Morgan fingerprint density at radius 1 is 1.00 bits per heavy atom. The summed E-state index contributed by atoms with van der Waals surface area (Å²) in [5.41, 5.74) is -0.458. The molecule has 0 unspecified atom stereocenters. The van der Waals surface area contributed by atoms with Crippen molar-refractivity contribution in [2.45, 2.75) is 46.3 Å². The molecule has 9 nitrogen and oxygen atoms in total. The van der Waals surface area contributed by atoms with E-state index in [4.69, 9.17) is 18.9 Å². The van der Waals surface area contributed by atoms with Gasteiger partial charge in [-0.3, -0.25) is 4.79 Å². The van der Waals surface area contributed by atoms with Gasteiger partial charge in [0.2, 0.25) is 11.8 Å². The van der Waals surface area contributed by atoms with Gasteiger partial charge in [-0.1, -0.05) is 26.0 Å². The molecular formula is C22H29N3O6. The first-order valence-electron chi connectivity index (χ1n) is 9.81. The van der Waals surface area contributed by atoms with E-state index in [0.717, 1.165) is 0 Å². The number of hydrogen-bond donors (Lipinski definition) is 1. The molecule has 168 valence electrons. The second kappa shape index (κ2) is 10.1. The van der Waals surface area contributed by atoms with Crippen molar-refractivity contribution in [1.29, 1.82) is 0 Å². The molecule has 0 fully saturated rings. The highest BCUT2D eigenvalue weighted by atomic mass is 16.6. The van der Waals surface area contributed by atoms with Crippen molar-refractivity contribution in [3.63, 3.8) is 0 Å². The number of ether oxygens (including phenoxy) is 4. The van der Waals surface area contributed by atoms with Crippen molar-refractivity contribution in [3.05, 3.63) is 35.9 Å². The summed E-state index contributed by atoms with van der Waals surface area (Å²) in [5.74, 6) is -0.479. The summed E-state index contributed by atoms with van der Waals surface area (Å²) >= 11 is 0. The normalized spacial score (nSPS) is 12.1. The predicted molar refractivity (Wildman–Crippen MR) is 114 cm³/mol. The van der Waals surface area contributed by atoms with Gasteiger partial charge in [-0.15, -0.1) is 0 Å². The minimum absolute atomic E-state index is 0.0519. The van der Waals surface area contributed by atoms with E-state index in [1.807, 2.05) is 13.8 Å². The highest BCUT2D eigenvalue weighted by Crippen LogP contribution is 2.26. The number of nitrogens with one attached hydrogen (secondary N) is 1. The van der Waals surface area contributed by atoms with E-state index in [0.29, 0.717) is 0 Å². The zero-order valence-corrected chi connectivity index (χ0v) is 18.9. The SMILES string of the molecule is COc1cc(OC)nc(Oc2ccccc2C(=O)N[C@H](C(=O)OC(C)(C)C)C(C)C)n1. The number of nitrogens with zero attached hydrogens (tertiary/aromatic N) is 2. The molecule has 2 aromatic rings. The van der Waals surface area contributed by atoms with Crippen LogP contribution in [0, 0.1) is 5.92 Å². The van der Waals surface area contributed by atoms with Gasteiger partial charge >= 0.3 is 12.0 Å². The smallest absolute Gasteiger partial charge is 0.329 e. The summed E-state index contributed by atoms with van der Waals surface area (Å²) in [5, 5.41) is 2.74. The number of carbonyl (C=O) groups excluding carboxylic acids is 2. The van der Waals surface area contributed by atoms with Crippen LogP contribution in [0.25, 0.3) is 0 Å². The molecule has 2 rings (SSSR count). The van der Waals surface area contributed by atoms with E-state index in [-0.39, 0.29) is 35.0 Å². The molecule has 1 atom stereocenters. The number of hydrogen-bond acceptors (Lipinski definition) is 8. The maximum absolute atomic E-state index is 13.0. The van der Waals surface area contributed by atoms with Crippen LogP contribution < -0.4 is 19.5 Å². The number of aromatic nitrogens is 2. The molecule has 1 N–H and O–H groups in total. The van der Waals surface area contributed by atoms with E-state index in [1.165, 1.54) is 20.3 Å². The lowest BCUT2D eigenvalue weighted by Gasteiger charge is -2.26. The van der Waals surface area contributed by atoms with Crippen molar-refractivity contribution in [2.24, 2.45) is 5.92 Å². The first-order chi connectivity index (χ1) is 14.5. The zero-order valence-electron chi connectivity index (χ0n) is 18.9. The Morgan fingerprint density at radius 3 is 2.10 bits per heavy atom. The third kappa shape index (κ3) is 6.84. The molecule has 0 aliphatic rings. The molecule has 1 aromatic carbocycles. The average Bonchev–Trinajstić information content (AvgIpc) is 2.70. The molecule has 0 spiro atoms. The Hall–Kier alpha value is -3.36. The fraction of sp³-hybridized carbons (Fsp3) is 0.455. The van der Waals surface area contributed by atoms with Crippen molar-refractivity contribution < 1.29 is 28.5 Å². The zero-order chi connectivity index (χ0) is 23.2. The van der Waals surface area contributed by atoms with Gasteiger partial charge in [0.05, 0.1) is 25.8 Å². The van der Waals surface area contributed by atoms with E-state index in [9.17, 15) is 9.59 Å². The lowest BCUT2D eigenvalue weighted by molar-refractivity contribution is -0.158. The van der Waals surface area contributed by atoms with Gasteiger partial charge in [-0.05, 0) is 38.8 Å². The van der Waals surface area contributed by atoms with Crippen molar-refractivity contribution in [2.75, 3.05) is 14.2 Å². The summed E-state index contributed by atoms with van der Waals surface area (Å²) in [6, 6.07) is 7.19. The van der Waals surface area contributed by atoms with Crippen molar-refractivity contribution in [1.82, 2.24) is 15.3 Å². The van der Waals surface area contributed by atoms with Gasteiger partial charge in [0.15, 0.2) is 0 Å². The molecular weight excluding hydrogens is 402 g/mol. The first-order valence-corrected chi connectivity index (χ1v) is 9.81. The van der Waals surface area contributed by atoms with Crippen LogP contribution in [0.3, 0.4) is 0 Å². The van der Waals surface area contributed by atoms with E-state index in [2.05, 4.69) is 15.3 Å². The number of carbonyl (C=O) groups is 2. The minimum Gasteiger partial charge on any atom is -0.481 e. The molecule has 31 heavy (non-hydrogen) atoms. The topological polar surface area (TPSA) is 109 Å². The van der Waals surface area contributed by atoms with E-state index >= 15 is 0 Å². The molecule has 1 heterocycles. The molecule has 0 aliphatic carbocycles. The maximum Gasteiger partial charge on any atom is 0.329 e. The Morgan fingerprint density at radius 2 is 1.58 bits per heavy atom. The van der Waals surface area contributed by atoms with Crippen LogP contribution in [0.5, 0.6) is 23.5 Å². The highest BCUT2D eigenvalue weighted by molar-refractivity contribution is 5.99. The first kappa shape index (κ1) is 23.9. The van der Waals surface area contributed by atoms with Crippen LogP contribution in [0.1, 0.15) is 45.0 Å². The summed E-state index contributed by atoms with van der Waals surface area (Å²) in [6.45, 7) is 8.97.